The van der Waals surface area contributed by atoms with Gasteiger partial charge in [0.1, 0.15) is 0 Å². The highest BCUT2D eigenvalue weighted by Crippen LogP contribution is 2.17. The Bertz CT molecular complexity index is 461. The van der Waals surface area contributed by atoms with Gasteiger partial charge in [0.05, 0.1) is 12.1 Å². The molecular formula is C9H10N4OS2. The fourth-order valence-electron chi connectivity index (χ4n) is 1.14. The van der Waals surface area contributed by atoms with Crippen molar-refractivity contribution in [2.24, 2.45) is 0 Å². The van der Waals surface area contributed by atoms with Crippen molar-refractivity contribution in [1.29, 1.82) is 0 Å². The Kier molecular flexibility index (Phi) is 3.16. The molecule has 0 spiro atoms. The van der Waals surface area contributed by atoms with E-state index < -0.39 is 0 Å². The summed E-state index contributed by atoms with van der Waals surface area (Å²) in [6.45, 7) is 1.94. The van der Waals surface area contributed by atoms with Crippen molar-refractivity contribution in [3.63, 3.8) is 0 Å². The van der Waals surface area contributed by atoms with E-state index in [1.165, 1.54) is 22.7 Å². The van der Waals surface area contributed by atoms with Crippen LogP contribution in [0.25, 0.3) is 0 Å². The number of rotatable bonds is 3. The first-order valence-corrected chi connectivity index (χ1v) is 6.25. The fourth-order valence-corrected chi connectivity index (χ4v) is 2.39. The number of carbonyl (C=O) groups is 1. The van der Waals surface area contributed by atoms with E-state index in [2.05, 4.69) is 15.3 Å². The first kappa shape index (κ1) is 11.0. The van der Waals surface area contributed by atoms with Gasteiger partial charge in [0.15, 0.2) is 10.3 Å². The molecule has 84 valence electrons. The zero-order chi connectivity index (χ0) is 11.5. The summed E-state index contributed by atoms with van der Waals surface area (Å²) in [6, 6.07) is 0. The average molecular weight is 254 g/mol. The quantitative estimate of drug-likeness (QED) is 0.873. The number of aromatic nitrogens is 2. The van der Waals surface area contributed by atoms with E-state index >= 15 is 0 Å². The van der Waals surface area contributed by atoms with Crippen LogP contribution in [0.2, 0.25) is 0 Å². The van der Waals surface area contributed by atoms with Crippen molar-refractivity contribution >= 4 is 38.8 Å². The molecule has 2 heterocycles. The number of aryl methyl sites for hydroxylation is 1. The van der Waals surface area contributed by atoms with Crippen molar-refractivity contribution in [3.8, 4) is 0 Å². The number of amides is 1. The van der Waals surface area contributed by atoms with Gasteiger partial charge >= 0.3 is 0 Å². The summed E-state index contributed by atoms with van der Waals surface area (Å²) in [4.78, 5) is 20.7. The molecule has 2 aromatic heterocycles. The molecule has 0 unspecified atom stereocenters. The zero-order valence-electron chi connectivity index (χ0n) is 8.56. The molecule has 5 nitrogen and oxygen atoms in total. The zero-order valence-corrected chi connectivity index (χ0v) is 10.2. The van der Waals surface area contributed by atoms with Crippen LogP contribution in [0.3, 0.4) is 0 Å². The van der Waals surface area contributed by atoms with E-state index in [1.807, 2.05) is 6.92 Å². The Morgan fingerprint density at radius 3 is 3.00 bits per heavy atom. The molecular weight excluding hydrogens is 244 g/mol. The van der Waals surface area contributed by atoms with Crippen molar-refractivity contribution in [3.05, 3.63) is 22.1 Å². The number of carbonyl (C=O) groups excluding carboxylic acids is 1. The van der Waals surface area contributed by atoms with E-state index in [9.17, 15) is 4.79 Å². The Hall–Kier alpha value is -1.47. The Balaban J connectivity index is 1.94. The molecule has 0 saturated carbocycles. The maximum absolute atomic E-state index is 11.6. The molecule has 0 aliphatic rings. The molecule has 0 aliphatic heterocycles. The highest BCUT2D eigenvalue weighted by molar-refractivity contribution is 7.15. The Labute approximate surface area is 100 Å². The van der Waals surface area contributed by atoms with Gasteiger partial charge < -0.3 is 11.1 Å². The second kappa shape index (κ2) is 4.58. The van der Waals surface area contributed by atoms with Gasteiger partial charge in [0.25, 0.3) is 0 Å². The summed E-state index contributed by atoms with van der Waals surface area (Å²) in [6.07, 6.45) is 1.95. The third-order valence-electron chi connectivity index (χ3n) is 1.78. The summed E-state index contributed by atoms with van der Waals surface area (Å²) < 4.78 is 0. The van der Waals surface area contributed by atoms with Crippen LogP contribution in [-0.2, 0) is 11.2 Å². The molecule has 0 aliphatic carbocycles. The lowest BCUT2D eigenvalue weighted by Gasteiger charge is -1.98. The molecule has 7 heteroatoms. The number of nitrogen functional groups attached to an aromatic ring is 1. The minimum atomic E-state index is -0.125. The first-order chi connectivity index (χ1) is 7.63. The van der Waals surface area contributed by atoms with Crippen molar-refractivity contribution in [2.75, 3.05) is 11.1 Å². The lowest BCUT2D eigenvalue weighted by molar-refractivity contribution is -0.115. The van der Waals surface area contributed by atoms with Gasteiger partial charge in [-0.3, -0.25) is 4.79 Å². The van der Waals surface area contributed by atoms with Gasteiger partial charge in [-0.25, -0.2) is 9.97 Å². The van der Waals surface area contributed by atoms with E-state index in [-0.39, 0.29) is 12.3 Å². The van der Waals surface area contributed by atoms with E-state index in [0.29, 0.717) is 16.0 Å². The third kappa shape index (κ3) is 2.77. The molecule has 0 radical (unpaired) electrons. The van der Waals surface area contributed by atoms with E-state index in [4.69, 9.17) is 5.73 Å². The summed E-state index contributed by atoms with van der Waals surface area (Å²) in [5.41, 5.74) is 6.16. The predicted octanol–water partition coefficient (Wildman–Crippen LogP) is 1.67. The first-order valence-electron chi connectivity index (χ1n) is 4.55. The van der Waals surface area contributed by atoms with Crippen LogP contribution in [0.15, 0.2) is 11.6 Å². The summed E-state index contributed by atoms with van der Waals surface area (Å²) in [5.74, 6) is -0.125. The molecule has 16 heavy (non-hydrogen) atoms. The number of hydrogen-bond donors (Lipinski definition) is 2. The molecule has 1 amide bonds. The summed E-state index contributed by atoms with van der Waals surface area (Å²) in [7, 11) is 0. The van der Waals surface area contributed by atoms with Gasteiger partial charge in [-0.05, 0) is 6.92 Å². The van der Waals surface area contributed by atoms with Gasteiger partial charge in [-0.2, -0.15) is 0 Å². The van der Waals surface area contributed by atoms with Crippen LogP contribution in [0.1, 0.15) is 10.6 Å². The molecule has 2 rings (SSSR count). The number of nitrogens with zero attached hydrogens (tertiary/aromatic N) is 2. The van der Waals surface area contributed by atoms with Crippen molar-refractivity contribution in [2.45, 2.75) is 13.3 Å². The number of hydrogen-bond acceptors (Lipinski definition) is 6. The average Bonchev–Trinajstić information content (AvgIpc) is 2.76. The highest BCUT2D eigenvalue weighted by Gasteiger charge is 2.08. The van der Waals surface area contributed by atoms with Crippen LogP contribution in [0.5, 0.6) is 0 Å². The topological polar surface area (TPSA) is 80.9 Å². The minimum absolute atomic E-state index is 0.125. The summed E-state index contributed by atoms with van der Waals surface area (Å²) >= 11 is 2.78. The number of nitrogens with two attached hydrogens (primary N) is 1. The molecule has 0 atom stereocenters. The maximum Gasteiger partial charge on any atom is 0.232 e. The minimum Gasteiger partial charge on any atom is -0.375 e. The van der Waals surface area contributed by atoms with Crippen LogP contribution < -0.4 is 11.1 Å². The third-order valence-corrected chi connectivity index (χ3v) is 3.33. The lowest BCUT2D eigenvalue weighted by Crippen LogP contribution is -2.14. The number of thiazole rings is 2. The van der Waals surface area contributed by atoms with Crippen LogP contribution >= 0.6 is 22.7 Å². The lowest BCUT2D eigenvalue weighted by atomic mass is 10.3. The second-order valence-corrected chi connectivity index (χ2v) is 5.30. The van der Waals surface area contributed by atoms with Crippen LogP contribution in [0.4, 0.5) is 10.3 Å². The monoisotopic (exact) mass is 254 g/mol. The maximum atomic E-state index is 11.6. The van der Waals surface area contributed by atoms with E-state index in [0.717, 1.165) is 4.88 Å². The molecule has 2 aromatic rings. The smallest absolute Gasteiger partial charge is 0.232 e. The number of anilines is 2. The largest absolute Gasteiger partial charge is 0.375 e. The molecule has 0 aromatic carbocycles. The van der Waals surface area contributed by atoms with Crippen molar-refractivity contribution < 1.29 is 4.79 Å². The normalized spacial score (nSPS) is 10.3. The van der Waals surface area contributed by atoms with Gasteiger partial charge in [0, 0.05) is 16.5 Å². The molecule has 3 N–H and O–H groups in total. The standard InChI is InChI=1S/C9H10N4OS2/c1-5-3-11-9(16-5)13-7(14)2-6-4-15-8(10)12-6/h3-4H,2H2,1H3,(H2,10,12)(H,11,13,14). The Morgan fingerprint density at radius 2 is 2.44 bits per heavy atom. The highest BCUT2D eigenvalue weighted by atomic mass is 32.1. The van der Waals surface area contributed by atoms with Crippen LogP contribution in [-0.4, -0.2) is 15.9 Å². The van der Waals surface area contributed by atoms with Crippen molar-refractivity contribution in [1.82, 2.24) is 9.97 Å². The fraction of sp³-hybridized carbons (Fsp3) is 0.222. The van der Waals surface area contributed by atoms with Crippen LogP contribution in [0, 0.1) is 6.92 Å². The Morgan fingerprint density at radius 1 is 1.62 bits per heavy atom. The molecule has 0 saturated heterocycles. The number of nitrogens with one attached hydrogen (secondary N) is 1. The second-order valence-electron chi connectivity index (χ2n) is 3.18. The van der Waals surface area contributed by atoms with Gasteiger partial charge in [-0.1, -0.05) is 0 Å². The molecule has 0 bridgehead atoms. The van der Waals surface area contributed by atoms with E-state index in [1.54, 1.807) is 11.6 Å². The van der Waals surface area contributed by atoms with Gasteiger partial charge in [-0.15, -0.1) is 22.7 Å². The van der Waals surface area contributed by atoms with Gasteiger partial charge in [0.2, 0.25) is 5.91 Å². The molecule has 0 fully saturated rings. The SMILES string of the molecule is Cc1cnc(NC(=O)Cc2csc(N)n2)s1. The summed E-state index contributed by atoms with van der Waals surface area (Å²) in [5, 5.41) is 5.59. The predicted molar refractivity (Wildman–Crippen MR) is 65.7 cm³/mol.